The number of hydrogen-bond acceptors (Lipinski definition) is 5. The van der Waals surface area contributed by atoms with Crippen LogP contribution in [0.15, 0.2) is 10.5 Å². The van der Waals surface area contributed by atoms with Crippen LogP contribution in [0.5, 0.6) is 0 Å². The van der Waals surface area contributed by atoms with E-state index in [9.17, 15) is 9.59 Å². The van der Waals surface area contributed by atoms with Crippen LogP contribution in [0.3, 0.4) is 0 Å². The van der Waals surface area contributed by atoms with Crippen LogP contribution in [0.1, 0.15) is 60.4 Å². The summed E-state index contributed by atoms with van der Waals surface area (Å²) in [6, 6.07) is 1.43. The van der Waals surface area contributed by atoms with E-state index >= 15 is 0 Å². The van der Waals surface area contributed by atoms with E-state index in [2.05, 4.69) is 5.32 Å². The van der Waals surface area contributed by atoms with Gasteiger partial charge in [-0.15, -0.1) is 0 Å². The van der Waals surface area contributed by atoms with Crippen LogP contribution < -0.4 is 5.32 Å². The number of aryl methyl sites for hydroxylation is 1. The minimum atomic E-state index is -0.442. The number of carbonyl (C=O) groups is 2. The maximum Gasteiger partial charge on any atom is 0.341 e. The summed E-state index contributed by atoms with van der Waals surface area (Å²) < 4.78 is 16.1. The molecule has 0 atom stereocenters. The highest BCUT2D eigenvalue weighted by molar-refractivity contribution is 5.90. The van der Waals surface area contributed by atoms with E-state index in [-0.39, 0.29) is 12.6 Å². The molecule has 2 amide bonds. The molecule has 0 radical (unpaired) electrons. The maximum absolute atomic E-state index is 12.1. The first-order chi connectivity index (χ1) is 12.5. The predicted octanol–water partition coefficient (Wildman–Crippen LogP) is 3.26. The third-order valence-electron chi connectivity index (χ3n) is 4.62. The van der Waals surface area contributed by atoms with Crippen molar-refractivity contribution < 1.29 is 23.5 Å². The van der Waals surface area contributed by atoms with Crippen LogP contribution >= 0.6 is 0 Å². The first-order valence-electron chi connectivity index (χ1n) is 9.29. The van der Waals surface area contributed by atoms with Crippen molar-refractivity contribution >= 4 is 12.0 Å². The summed E-state index contributed by atoms with van der Waals surface area (Å²) in [7, 11) is 3.01. The molecule has 7 heteroatoms. The summed E-state index contributed by atoms with van der Waals surface area (Å²) in [5, 5.41) is 2.87. The lowest BCUT2D eigenvalue weighted by Crippen LogP contribution is -2.37. The minimum Gasteiger partial charge on any atom is -0.465 e. The van der Waals surface area contributed by atoms with E-state index in [1.165, 1.54) is 31.3 Å². The van der Waals surface area contributed by atoms with E-state index in [0.717, 1.165) is 19.3 Å². The van der Waals surface area contributed by atoms with Gasteiger partial charge in [-0.25, -0.2) is 9.59 Å². The molecule has 0 aromatic carbocycles. The van der Waals surface area contributed by atoms with E-state index in [0.29, 0.717) is 36.3 Å². The quantitative estimate of drug-likeness (QED) is 0.564. The number of amides is 2. The van der Waals surface area contributed by atoms with Crippen LogP contribution in [0.4, 0.5) is 4.79 Å². The standard InChI is InChI=1S/C19H30N2O5/c1-14-17(18(22)24-3)12-16(26-14)13-21(2)19(23)20-10-7-11-25-15-8-5-4-6-9-15/h12,15H,4-11,13H2,1-3H3,(H,20,23). The first kappa shape index (κ1) is 20.3. The van der Waals surface area contributed by atoms with Crippen molar-refractivity contribution in [2.45, 2.75) is 58.1 Å². The average molecular weight is 366 g/mol. The van der Waals surface area contributed by atoms with Crippen LogP contribution in [-0.4, -0.2) is 50.3 Å². The van der Waals surface area contributed by atoms with Gasteiger partial charge in [0.05, 0.1) is 19.8 Å². The van der Waals surface area contributed by atoms with Crippen molar-refractivity contribution in [2.75, 3.05) is 27.3 Å². The Balaban J connectivity index is 1.66. The summed E-state index contributed by atoms with van der Waals surface area (Å²) in [4.78, 5) is 25.2. The van der Waals surface area contributed by atoms with Gasteiger partial charge in [-0.05, 0) is 32.3 Å². The summed E-state index contributed by atoms with van der Waals surface area (Å²) >= 11 is 0. The highest BCUT2D eigenvalue weighted by Gasteiger charge is 2.18. The van der Waals surface area contributed by atoms with Gasteiger partial charge in [0.15, 0.2) is 0 Å². The van der Waals surface area contributed by atoms with Crippen molar-refractivity contribution in [3.63, 3.8) is 0 Å². The van der Waals surface area contributed by atoms with Gasteiger partial charge >= 0.3 is 12.0 Å². The zero-order valence-corrected chi connectivity index (χ0v) is 16.0. The van der Waals surface area contributed by atoms with Crippen LogP contribution in [-0.2, 0) is 16.0 Å². The van der Waals surface area contributed by atoms with Gasteiger partial charge in [-0.1, -0.05) is 19.3 Å². The summed E-state index contributed by atoms with van der Waals surface area (Å²) in [6.45, 7) is 3.22. The predicted molar refractivity (Wildman–Crippen MR) is 97.1 cm³/mol. The van der Waals surface area contributed by atoms with Gasteiger partial charge in [0.2, 0.25) is 0 Å². The molecule has 1 heterocycles. The van der Waals surface area contributed by atoms with Crippen LogP contribution in [0.25, 0.3) is 0 Å². The fourth-order valence-electron chi connectivity index (χ4n) is 3.12. The second kappa shape index (κ2) is 10.2. The van der Waals surface area contributed by atoms with Gasteiger partial charge in [-0.2, -0.15) is 0 Å². The van der Waals surface area contributed by atoms with Crippen molar-refractivity contribution in [1.82, 2.24) is 10.2 Å². The van der Waals surface area contributed by atoms with Gasteiger partial charge in [0.25, 0.3) is 0 Å². The maximum atomic E-state index is 12.1. The number of carbonyl (C=O) groups excluding carboxylic acids is 2. The van der Waals surface area contributed by atoms with E-state index in [1.54, 1.807) is 20.0 Å². The Morgan fingerprint density at radius 3 is 2.73 bits per heavy atom. The number of methoxy groups -OCH3 is 1. The lowest BCUT2D eigenvalue weighted by atomic mass is 9.98. The fraction of sp³-hybridized carbons (Fsp3) is 0.684. The number of nitrogens with one attached hydrogen (secondary N) is 1. The van der Waals surface area contributed by atoms with Gasteiger partial charge in [0.1, 0.15) is 17.1 Å². The number of ether oxygens (including phenoxy) is 2. The highest BCUT2D eigenvalue weighted by atomic mass is 16.5. The Kier molecular flexibility index (Phi) is 7.97. The topological polar surface area (TPSA) is 81.0 Å². The Morgan fingerprint density at radius 1 is 1.31 bits per heavy atom. The van der Waals surface area contributed by atoms with E-state index in [4.69, 9.17) is 13.9 Å². The lowest BCUT2D eigenvalue weighted by Gasteiger charge is -2.22. The van der Waals surface area contributed by atoms with Crippen LogP contribution in [0.2, 0.25) is 0 Å². The third-order valence-corrected chi connectivity index (χ3v) is 4.62. The molecule has 0 bridgehead atoms. The molecule has 7 nitrogen and oxygen atoms in total. The molecule has 1 aromatic rings. The van der Waals surface area contributed by atoms with E-state index in [1.807, 2.05) is 0 Å². The monoisotopic (exact) mass is 366 g/mol. The molecular formula is C19H30N2O5. The van der Waals surface area contributed by atoms with Gasteiger partial charge < -0.3 is 24.1 Å². The zero-order chi connectivity index (χ0) is 18.9. The molecule has 0 aliphatic heterocycles. The molecule has 146 valence electrons. The number of nitrogens with zero attached hydrogens (tertiary/aromatic N) is 1. The average Bonchev–Trinajstić information content (AvgIpc) is 3.01. The lowest BCUT2D eigenvalue weighted by molar-refractivity contribution is 0.0274. The second-order valence-electron chi connectivity index (χ2n) is 6.75. The molecule has 2 rings (SSSR count). The van der Waals surface area contributed by atoms with Crippen molar-refractivity contribution in [1.29, 1.82) is 0 Å². The molecular weight excluding hydrogens is 336 g/mol. The first-order valence-corrected chi connectivity index (χ1v) is 9.29. The highest BCUT2D eigenvalue weighted by Crippen LogP contribution is 2.20. The molecule has 1 aromatic heterocycles. The Labute approximate surface area is 155 Å². The number of esters is 1. The largest absolute Gasteiger partial charge is 0.465 e. The molecule has 1 fully saturated rings. The van der Waals surface area contributed by atoms with Crippen molar-refractivity contribution in [2.24, 2.45) is 0 Å². The number of hydrogen-bond donors (Lipinski definition) is 1. The number of furan rings is 1. The van der Waals surface area contributed by atoms with Gasteiger partial charge in [0, 0.05) is 20.2 Å². The normalized spacial score (nSPS) is 14.9. The molecule has 1 saturated carbocycles. The van der Waals surface area contributed by atoms with Crippen molar-refractivity contribution in [3.05, 3.63) is 23.2 Å². The number of rotatable bonds is 8. The van der Waals surface area contributed by atoms with Crippen LogP contribution in [0, 0.1) is 6.92 Å². The molecule has 0 unspecified atom stereocenters. The zero-order valence-electron chi connectivity index (χ0n) is 16.0. The Morgan fingerprint density at radius 2 is 2.04 bits per heavy atom. The number of urea groups is 1. The second-order valence-corrected chi connectivity index (χ2v) is 6.75. The SMILES string of the molecule is COC(=O)c1cc(CN(C)C(=O)NCCCOC2CCCCC2)oc1C. The summed E-state index contributed by atoms with van der Waals surface area (Å²) in [5.74, 6) is 0.587. The Bertz CT molecular complexity index is 593. The molecule has 0 saturated heterocycles. The molecule has 26 heavy (non-hydrogen) atoms. The Hall–Kier alpha value is -2.02. The minimum absolute atomic E-state index is 0.184. The molecule has 0 spiro atoms. The van der Waals surface area contributed by atoms with Gasteiger partial charge in [-0.3, -0.25) is 0 Å². The smallest absolute Gasteiger partial charge is 0.341 e. The third kappa shape index (κ3) is 6.05. The summed E-state index contributed by atoms with van der Waals surface area (Å²) in [5.41, 5.74) is 0.385. The molecule has 1 N–H and O–H groups in total. The van der Waals surface area contributed by atoms with Crippen molar-refractivity contribution in [3.8, 4) is 0 Å². The summed E-state index contributed by atoms with van der Waals surface area (Å²) in [6.07, 6.45) is 7.34. The molecule has 1 aliphatic rings. The fourth-order valence-corrected chi connectivity index (χ4v) is 3.12. The molecule has 1 aliphatic carbocycles. The van der Waals surface area contributed by atoms with E-state index < -0.39 is 5.97 Å².